The minimum Gasteiger partial charge on any atom is -0.476 e. The van der Waals surface area contributed by atoms with Crippen molar-refractivity contribution in [1.82, 2.24) is 9.78 Å². The molecule has 0 amide bonds. The van der Waals surface area contributed by atoms with Crippen molar-refractivity contribution in [2.24, 2.45) is 5.41 Å². The maximum Gasteiger partial charge on any atom is 0.345 e. The van der Waals surface area contributed by atoms with E-state index in [-0.39, 0.29) is 59.7 Å². The number of aromatic nitrogens is 2. The van der Waals surface area contributed by atoms with Crippen LogP contribution in [0.2, 0.25) is 0 Å². The summed E-state index contributed by atoms with van der Waals surface area (Å²) >= 11 is 0. The Morgan fingerprint density at radius 1 is 1.41 bits per heavy atom. The second kappa shape index (κ2) is 7.75. The summed E-state index contributed by atoms with van der Waals surface area (Å²) in [5.74, 6) is -1.58. The molecule has 0 saturated carbocycles. The largest absolute Gasteiger partial charge is 0.476 e. The zero-order valence-electron chi connectivity index (χ0n) is 16.4. The van der Waals surface area contributed by atoms with E-state index in [0.29, 0.717) is 0 Å². The average molecular weight is 426 g/mol. The molecule has 0 bridgehead atoms. The lowest BCUT2D eigenvalue weighted by atomic mass is 9.92. The topological polar surface area (TPSA) is 108 Å². The third-order valence-corrected chi connectivity index (χ3v) is 6.52. The van der Waals surface area contributed by atoms with Gasteiger partial charge >= 0.3 is 5.97 Å². The summed E-state index contributed by atoms with van der Waals surface area (Å²) in [5.41, 5.74) is -0.686. The number of rotatable bonds is 6. The molecule has 1 aliphatic heterocycles. The second-order valence-electron chi connectivity index (χ2n) is 7.21. The Morgan fingerprint density at radius 3 is 2.72 bits per heavy atom. The molecule has 1 atom stereocenters. The van der Waals surface area contributed by atoms with Gasteiger partial charge in [0, 0.05) is 11.0 Å². The number of fused-ring (bicyclic) bond motifs is 1. The van der Waals surface area contributed by atoms with Crippen molar-refractivity contribution in [1.29, 1.82) is 0 Å². The Bertz CT molecular complexity index is 1050. The fourth-order valence-corrected chi connectivity index (χ4v) is 3.96. The molecule has 0 saturated heterocycles. The van der Waals surface area contributed by atoms with Gasteiger partial charge in [0.25, 0.3) is 0 Å². The lowest BCUT2D eigenvalue weighted by molar-refractivity contribution is 0.0281. The SMILES string of the molecule is CCOC(=O)c1c(-c2ccc(S(=O)(=O)CC)cc2F)nn2c1OC[C@@](C)(CO)C2. The van der Waals surface area contributed by atoms with E-state index in [1.807, 2.05) is 0 Å². The van der Waals surface area contributed by atoms with Gasteiger partial charge in [0.05, 0.1) is 37.0 Å². The van der Waals surface area contributed by atoms with Gasteiger partial charge in [-0.15, -0.1) is 0 Å². The number of halogens is 1. The molecule has 2 aromatic rings. The first-order valence-electron chi connectivity index (χ1n) is 9.20. The summed E-state index contributed by atoms with van der Waals surface area (Å²) in [4.78, 5) is 12.4. The first-order chi connectivity index (χ1) is 13.7. The molecular formula is C19H23FN2O6S. The summed E-state index contributed by atoms with van der Waals surface area (Å²) in [5, 5.41) is 13.9. The van der Waals surface area contributed by atoms with Crippen LogP contribution in [-0.4, -0.2) is 54.8 Å². The number of hydrogen-bond acceptors (Lipinski definition) is 7. The van der Waals surface area contributed by atoms with Crippen LogP contribution >= 0.6 is 0 Å². The molecule has 0 aliphatic carbocycles. The zero-order chi connectivity index (χ0) is 21.4. The Balaban J connectivity index is 2.16. The highest BCUT2D eigenvalue weighted by atomic mass is 32.2. The van der Waals surface area contributed by atoms with Gasteiger partial charge in [-0.25, -0.2) is 22.3 Å². The van der Waals surface area contributed by atoms with Gasteiger partial charge < -0.3 is 14.6 Å². The molecule has 0 spiro atoms. The molecule has 158 valence electrons. The number of hydrogen-bond donors (Lipinski definition) is 1. The number of aliphatic hydroxyl groups excluding tert-OH is 1. The Hall–Kier alpha value is -2.46. The van der Waals surface area contributed by atoms with Crippen LogP contribution in [0.25, 0.3) is 11.3 Å². The standard InChI is InChI=1S/C19H23FN2O6S/c1-4-27-18(24)15-16(21-22-9-19(3,10-23)11-28-17(15)22)13-7-6-12(8-14(13)20)29(25,26)5-2/h6-8,23H,4-5,9-11H2,1-3H3/t19-/m1/s1. The summed E-state index contributed by atoms with van der Waals surface area (Å²) in [6, 6.07) is 3.48. The van der Waals surface area contributed by atoms with E-state index in [9.17, 15) is 22.7 Å². The Kier molecular flexibility index (Phi) is 5.68. The third kappa shape index (κ3) is 3.86. The van der Waals surface area contributed by atoms with Gasteiger partial charge in [0.1, 0.15) is 17.1 Å². The highest BCUT2D eigenvalue weighted by Crippen LogP contribution is 2.38. The van der Waals surface area contributed by atoms with Gasteiger partial charge in [0.15, 0.2) is 9.84 Å². The van der Waals surface area contributed by atoms with Crippen molar-refractivity contribution in [2.45, 2.75) is 32.2 Å². The van der Waals surface area contributed by atoms with E-state index in [4.69, 9.17) is 9.47 Å². The van der Waals surface area contributed by atoms with Crippen LogP contribution in [0.15, 0.2) is 23.1 Å². The molecule has 2 heterocycles. The van der Waals surface area contributed by atoms with E-state index < -0.39 is 27.0 Å². The highest BCUT2D eigenvalue weighted by molar-refractivity contribution is 7.91. The first kappa shape index (κ1) is 21.3. The highest BCUT2D eigenvalue weighted by Gasteiger charge is 2.37. The molecule has 1 N–H and O–H groups in total. The quantitative estimate of drug-likeness (QED) is 0.705. The van der Waals surface area contributed by atoms with E-state index in [1.54, 1.807) is 13.8 Å². The van der Waals surface area contributed by atoms with Crippen LogP contribution < -0.4 is 4.74 Å². The van der Waals surface area contributed by atoms with E-state index in [0.717, 1.165) is 6.07 Å². The number of esters is 1. The number of aliphatic hydroxyl groups is 1. The lowest BCUT2D eigenvalue weighted by Gasteiger charge is -2.32. The van der Waals surface area contributed by atoms with Crippen molar-refractivity contribution in [3.05, 3.63) is 29.6 Å². The maximum atomic E-state index is 14.9. The maximum absolute atomic E-state index is 14.9. The molecule has 0 radical (unpaired) electrons. The number of carbonyl (C=O) groups excluding carboxylic acids is 1. The Labute approximate surface area is 168 Å². The number of benzene rings is 1. The fourth-order valence-electron chi connectivity index (χ4n) is 3.07. The lowest BCUT2D eigenvalue weighted by Crippen LogP contribution is -2.38. The van der Waals surface area contributed by atoms with Gasteiger partial charge in [0.2, 0.25) is 5.88 Å². The first-order valence-corrected chi connectivity index (χ1v) is 10.8. The molecule has 8 nitrogen and oxygen atoms in total. The summed E-state index contributed by atoms with van der Waals surface area (Å²) in [6.07, 6.45) is 0. The molecule has 1 aliphatic rings. The van der Waals surface area contributed by atoms with Crippen molar-refractivity contribution < 1.29 is 32.2 Å². The number of ether oxygens (including phenoxy) is 2. The molecule has 1 aromatic carbocycles. The van der Waals surface area contributed by atoms with Crippen molar-refractivity contribution >= 4 is 15.8 Å². The van der Waals surface area contributed by atoms with Crippen LogP contribution in [-0.2, 0) is 21.1 Å². The van der Waals surface area contributed by atoms with Crippen LogP contribution in [0.4, 0.5) is 4.39 Å². The van der Waals surface area contributed by atoms with Gasteiger partial charge in [-0.05, 0) is 25.1 Å². The number of sulfone groups is 1. The normalized spacial score (nSPS) is 18.8. The van der Waals surface area contributed by atoms with Crippen molar-refractivity contribution in [2.75, 3.05) is 25.6 Å². The third-order valence-electron chi connectivity index (χ3n) is 4.79. The van der Waals surface area contributed by atoms with Crippen LogP contribution in [0, 0.1) is 11.2 Å². The van der Waals surface area contributed by atoms with E-state index in [2.05, 4.69) is 5.10 Å². The molecular weight excluding hydrogens is 403 g/mol. The smallest absolute Gasteiger partial charge is 0.345 e. The summed E-state index contributed by atoms with van der Waals surface area (Å²) in [6.45, 7) is 5.27. The van der Waals surface area contributed by atoms with Crippen LogP contribution in [0.1, 0.15) is 31.1 Å². The summed E-state index contributed by atoms with van der Waals surface area (Å²) < 4.78 is 51.1. The van der Waals surface area contributed by atoms with Crippen molar-refractivity contribution in [3.8, 4) is 17.1 Å². The monoisotopic (exact) mass is 426 g/mol. The van der Waals surface area contributed by atoms with Crippen LogP contribution in [0.5, 0.6) is 5.88 Å². The average Bonchev–Trinajstić information content (AvgIpc) is 3.05. The minimum atomic E-state index is -3.59. The predicted molar refractivity (Wildman–Crippen MR) is 102 cm³/mol. The number of nitrogens with zero attached hydrogens (tertiary/aromatic N) is 2. The molecule has 10 heteroatoms. The van der Waals surface area contributed by atoms with E-state index >= 15 is 0 Å². The molecule has 1 aromatic heterocycles. The van der Waals surface area contributed by atoms with Gasteiger partial charge in [-0.3, -0.25) is 0 Å². The number of carbonyl (C=O) groups is 1. The minimum absolute atomic E-state index is 0.00131. The molecule has 0 unspecified atom stereocenters. The van der Waals surface area contributed by atoms with Crippen LogP contribution in [0.3, 0.4) is 0 Å². The molecule has 3 rings (SSSR count). The van der Waals surface area contributed by atoms with Gasteiger partial charge in [-0.1, -0.05) is 13.8 Å². The van der Waals surface area contributed by atoms with Crippen molar-refractivity contribution in [3.63, 3.8) is 0 Å². The van der Waals surface area contributed by atoms with Gasteiger partial charge in [-0.2, -0.15) is 5.10 Å². The Morgan fingerprint density at radius 2 is 2.14 bits per heavy atom. The second-order valence-corrected chi connectivity index (χ2v) is 9.49. The van der Waals surface area contributed by atoms with E-state index in [1.165, 1.54) is 23.7 Å². The fraction of sp³-hybridized carbons (Fsp3) is 0.474. The predicted octanol–water partition coefficient (Wildman–Crippen LogP) is 2.05. The zero-order valence-corrected chi connectivity index (χ0v) is 17.3. The molecule has 0 fully saturated rings. The molecule has 29 heavy (non-hydrogen) atoms. The summed E-state index contributed by atoms with van der Waals surface area (Å²) in [7, 11) is -3.59.